The van der Waals surface area contributed by atoms with E-state index in [-0.39, 0.29) is 12.4 Å². The zero-order valence-corrected chi connectivity index (χ0v) is 12.4. The average Bonchev–Trinajstić information content (AvgIpc) is 2.45. The zero-order valence-electron chi connectivity index (χ0n) is 10.9. The minimum Gasteiger partial charge on any atom is -0.399 e. The molecule has 0 unspecified atom stereocenters. The summed E-state index contributed by atoms with van der Waals surface area (Å²) in [6, 6.07) is 11.0. The number of anilines is 1. The predicted octanol–water partition coefficient (Wildman–Crippen LogP) is 3.94. The first-order valence-corrected chi connectivity index (χ1v) is 6.33. The van der Waals surface area contributed by atoms with Gasteiger partial charge in [0.2, 0.25) is 0 Å². The van der Waals surface area contributed by atoms with Gasteiger partial charge in [0.05, 0.1) is 11.2 Å². The molecule has 0 spiro atoms. The van der Waals surface area contributed by atoms with Crippen molar-refractivity contribution in [3.63, 3.8) is 0 Å². The van der Waals surface area contributed by atoms with Crippen LogP contribution in [-0.4, -0.2) is 9.97 Å². The van der Waals surface area contributed by atoms with Crippen molar-refractivity contribution in [2.45, 2.75) is 0 Å². The number of nitrogens with two attached hydrogens (primary N) is 1. The number of nitrogens with zero attached hydrogens (tertiary/aromatic N) is 2. The molecule has 1 heterocycles. The lowest BCUT2D eigenvalue weighted by Gasteiger charge is -2.07. The molecule has 3 nitrogen and oxygen atoms in total. The molecule has 0 bridgehead atoms. The van der Waals surface area contributed by atoms with Crippen LogP contribution in [0.5, 0.6) is 0 Å². The standard InChI is InChI=1S/C16H10ClN3.ClH/c1-2-10-5-11(7-13(18)6-10)16-14-4-3-12(17)8-15(14)19-9-20-16;/h1,3-9H,18H2;1H. The van der Waals surface area contributed by atoms with Gasteiger partial charge in [0, 0.05) is 27.2 Å². The monoisotopic (exact) mass is 315 g/mol. The van der Waals surface area contributed by atoms with E-state index in [0.717, 1.165) is 27.7 Å². The molecule has 0 saturated heterocycles. The van der Waals surface area contributed by atoms with Gasteiger partial charge < -0.3 is 5.73 Å². The number of aromatic nitrogens is 2. The highest BCUT2D eigenvalue weighted by molar-refractivity contribution is 6.31. The van der Waals surface area contributed by atoms with Gasteiger partial charge in [0.25, 0.3) is 0 Å². The molecule has 5 heteroatoms. The van der Waals surface area contributed by atoms with Crippen LogP contribution in [0.15, 0.2) is 42.7 Å². The molecule has 1 aromatic heterocycles. The van der Waals surface area contributed by atoms with E-state index in [9.17, 15) is 0 Å². The molecule has 3 rings (SSSR count). The summed E-state index contributed by atoms with van der Waals surface area (Å²) in [5.41, 5.74) is 9.65. The van der Waals surface area contributed by atoms with Crippen LogP contribution in [0.4, 0.5) is 5.69 Å². The van der Waals surface area contributed by atoms with Gasteiger partial charge >= 0.3 is 0 Å². The quantitative estimate of drug-likeness (QED) is 0.546. The van der Waals surface area contributed by atoms with Crippen LogP contribution in [0.1, 0.15) is 5.56 Å². The molecule has 0 amide bonds. The second-order valence-corrected chi connectivity index (χ2v) is 4.81. The summed E-state index contributed by atoms with van der Waals surface area (Å²) in [4.78, 5) is 8.57. The summed E-state index contributed by atoms with van der Waals surface area (Å²) in [7, 11) is 0. The molecule has 0 aliphatic heterocycles. The van der Waals surface area contributed by atoms with E-state index in [1.54, 1.807) is 12.1 Å². The number of nitrogen functional groups attached to an aromatic ring is 1. The Hall–Kier alpha value is -2.28. The minimum absolute atomic E-state index is 0. The maximum absolute atomic E-state index is 5.98. The van der Waals surface area contributed by atoms with E-state index in [1.807, 2.05) is 24.3 Å². The van der Waals surface area contributed by atoms with Crippen molar-refractivity contribution in [2.24, 2.45) is 0 Å². The molecule has 104 valence electrons. The summed E-state index contributed by atoms with van der Waals surface area (Å²) in [6.45, 7) is 0. The lowest BCUT2D eigenvalue weighted by atomic mass is 10.0. The van der Waals surface area contributed by atoms with E-state index < -0.39 is 0 Å². The third-order valence-corrected chi connectivity index (χ3v) is 3.23. The average molecular weight is 316 g/mol. The highest BCUT2D eigenvalue weighted by Gasteiger charge is 2.08. The van der Waals surface area contributed by atoms with E-state index >= 15 is 0 Å². The van der Waals surface area contributed by atoms with Gasteiger partial charge in [-0.2, -0.15) is 0 Å². The lowest BCUT2D eigenvalue weighted by molar-refractivity contribution is 1.22. The summed E-state index contributed by atoms with van der Waals surface area (Å²) >= 11 is 5.98. The molecule has 3 aromatic rings. The van der Waals surface area contributed by atoms with Crippen molar-refractivity contribution in [1.29, 1.82) is 0 Å². The third-order valence-electron chi connectivity index (χ3n) is 2.99. The fourth-order valence-electron chi connectivity index (χ4n) is 2.13. The largest absolute Gasteiger partial charge is 0.399 e. The molecule has 2 N–H and O–H groups in total. The Morgan fingerprint density at radius 3 is 2.67 bits per heavy atom. The second kappa shape index (κ2) is 6.01. The lowest BCUT2D eigenvalue weighted by Crippen LogP contribution is -1.92. The van der Waals surface area contributed by atoms with Gasteiger partial charge in [-0.25, -0.2) is 9.97 Å². The summed E-state index contributed by atoms with van der Waals surface area (Å²) in [5.74, 6) is 2.59. The Morgan fingerprint density at radius 2 is 1.90 bits per heavy atom. The Kier molecular flexibility index (Phi) is 4.32. The van der Waals surface area contributed by atoms with E-state index in [4.69, 9.17) is 23.8 Å². The second-order valence-electron chi connectivity index (χ2n) is 4.37. The van der Waals surface area contributed by atoms with Crippen LogP contribution < -0.4 is 5.73 Å². The summed E-state index contributed by atoms with van der Waals surface area (Å²) < 4.78 is 0. The Labute approximate surface area is 133 Å². The molecular weight excluding hydrogens is 305 g/mol. The van der Waals surface area contributed by atoms with Crippen molar-refractivity contribution >= 4 is 40.6 Å². The molecule has 0 aliphatic carbocycles. The molecule has 0 aliphatic rings. The molecule has 2 aromatic carbocycles. The van der Waals surface area contributed by atoms with Crippen LogP contribution in [0.2, 0.25) is 5.02 Å². The van der Waals surface area contributed by atoms with Gasteiger partial charge in [0.1, 0.15) is 6.33 Å². The SMILES string of the molecule is C#Cc1cc(N)cc(-c2ncnc3cc(Cl)ccc23)c1.Cl. The first kappa shape index (κ1) is 15.1. The number of rotatable bonds is 1. The molecule has 0 saturated carbocycles. The minimum atomic E-state index is 0. The van der Waals surface area contributed by atoms with E-state index in [1.165, 1.54) is 6.33 Å². The van der Waals surface area contributed by atoms with Gasteiger partial charge in [-0.05, 0) is 36.4 Å². The highest BCUT2D eigenvalue weighted by atomic mass is 35.5. The summed E-state index contributed by atoms with van der Waals surface area (Å²) in [5, 5.41) is 1.55. The number of hydrogen-bond acceptors (Lipinski definition) is 3. The molecule has 0 atom stereocenters. The first-order valence-electron chi connectivity index (χ1n) is 5.95. The van der Waals surface area contributed by atoms with Crippen molar-refractivity contribution in [3.8, 4) is 23.6 Å². The fraction of sp³-hybridized carbons (Fsp3) is 0. The number of benzene rings is 2. The van der Waals surface area contributed by atoms with Crippen molar-refractivity contribution in [1.82, 2.24) is 9.97 Å². The molecular formula is C16H11Cl2N3. The molecule has 21 heavy (non-hydrogen) atoms. The van der Waals surface area contributed by atoms with Gasteiger partial charge in [-0.15, -0.1) is 18.8 Å². The van der Waals surface area contributed by atoms with E-state index in [0.29, 0.717) is 10.7 Å². The zero-order chi connectivity index (χ0) is 14.1. The van der Waals surface area contributed by atoms with Gasteiger partial charge in [0.15, 0.2) is 0 Å². The summed E-state index contributed by atoms with van der Waals surface area (Å²) in [6.07, 6.45) is 6.95. The van der Waals surface area contributed by atoms with E-state index in [2.05, 4.69) is 15.9 Å². The van der Waals surface area contributed by atoms with Crippen LogP contribution in [0, 0.1) is 12.3 Å². The van der Waals surface area contributed by atoms with Gasteiger partial charge in [-0.3, -0.25) is 0 Å². The normalized spacial score (nSPS) is 9.90. The highest BCUT2D eigenvalue weighted by Crippen LogP contribution is 2.29. The Balaban J connectivity index is 0.00000161. The van der Waals surface area contributed by atoms with Crippen molar-refractivity contribution in [3.05, 3.63) is 53.3 Å². The maximum atomic E-state index is 5.98. The third kappa shape index (κ3) is 2.92. The van der Waals surface area contributed by atoms with Crippen LogP contribution in [0.25, 0.3) is 22.2 Å². The molecule has 0 fully saturated rings. The van der Waals surface area contributed by atoms with Crippen molar-refractivity contribution < 1.29 is 0 Å². The number of terminal acetylenes is 1. The fourth-order valence-corrected chi connectivity index (χ4v) is 2.30. The Bertz CT molecular complexity index is 854. The van der Waals surface area contributed by atoms with Gasteiger partial charge in [-0.1, -0.05) is 17.5 Å². The van der Waals surface area contributed by atoms with Crippen molar-refractivity contribution in [2.75, 3.05) is 5.73 Å². The first-order chi connectivity index (χ1) is 9.67. The number of halogens is 2. The number of hydrogen-bond donors (Lipinski definition) is 1. The van der Waals surface area contributed by atoms with Crippen LogP contribution in [-0.2, 0) is 0 Å². The molecule has 0 radical (unpaired) electrons. The smallest absolute Gasteiger partial charge is 0.116 e. The maximum Gasteiger partial charge on any atom is 0.116 e. The predicted molar refractivity (Wildman–Crippen MR) is 89.6 cm³/mol. The number of fused-ring (bicyclic) bond motifs is 1. The van der Waals surface area contributed by atoms with Crippen LogP contribution in [0.3, 0.4) is 0 Å². The topological polar surface area (TPSA) is 51.8 Å². The van der Waals surface area contributed by atoms with Crippen LogP contribution >= 0.6 is 24.0 Å². The Morgan fingerprint density at radius 1 is 1.10 bits per heavy atom.